The molecular weight excluding hydrogens is 647 g/mol. The van der Waals surface area contributed by atoms with E-state index in [2.05, 4.69) is 0 Å². The normalized spacial score (nSPS) is 11.1. The zero-order valence-corrected chi connectivity index (χ0v) is 28.3. The van der Waals surface area contributed by atoms with Gasteiger partial charge in [0.2, 0.25) is 0 Å². The average Bonchev–Trinajstić information content (AvgIpc) is 3.76. The third-order valence-corrected chi connectivity index (χ3v) is 8.43. The number of aromatic nitrogens is 4. The van der Waals surface area contributed by atoms with E-state index >= 15 is 0 Å². The number of nitrogens with zero attached hydrogens (tertiary/aromatic N) is 4. The van der Waals surface area contributed by atoms with Crippen LogP contribution >= 0.6 is 23.2 Å². The zero-order valence-electron chi connectivity index (χ0n) is 26.8. The molecule has 0 amide bonds. The van der Waals surface area contributed by atoms with Gasteiger partial charge in [-0.15, -0.1) is 0 Å². The van der Waals surface area contributed by atoms with Crippen molar-refractivity contribution in [3.63, 3.8) is 0 Å². The van der Waals surface area contributed by atoms with E-state index in [1.165, 1.54) is 0 Å². The molecule has 48 heavy (non-hydrogen) atoms. The summed E-state index contributed by atoms with van der Waals surface area (Å²) in [4.78, 5) is 13.3. The maximum absolute atomic E-state index is 13.3. The van der Waals surface area contributed by atoms with Crippen LogP contribution in [0.1, 0.15) is 37.1 Å². The Bertz CT molecular complexity index is 1850. The second kappa shape index (κ2) is 14.8. The molecule has 0 N–H and O–H groups in total. The first kappa shape index (κ1) is 32.9. The molecule has 8 nitrogen and oxygen atoms in total. The molecule has 4 aromatic carbocycles. The molecule has 2 aromatic heterocycles. The Morgan fingerprint density at radius 2 is 1.08 bits per heavy atom. The van der Waals surface area contributed by atoms with E-state index in [0.717, 1.165) is 51.8 Å². The number of carbonyl (C=O) groups is 1. The van der Waals surface area contributed by atoms with Crippen LogP contribution in [0.5, 0.6) is 11.5 Å². The van der Waals surface area contributed by atoms with Gasteiger partial charge in [0, 0.05) is 21.2 Å². The van der Waals surface area contributed by atoms with Gasteiger partial charge in [-0.25, -0.2) is 9.36 Å². The van der Waals surface area contributed by atoms with Gasteiger partial charge in [-0.2, -0.15) is 10.2 Å². The highest BCUT2D eigenvalue weighted by atomic mass is 35.5. The maximum Gasteiger partial charge on any atom is 0.306 e. The third-order valence-electron chi connectivity index (χ3n) is 7.92. The van der Waals surface area contributed by atoms with Crippen LogP contribution in [0.25, 0.3) is 33.9 Å². The van der Waals surface area contributed by atoms with Crippen LogP contribution in [0.3, 0.4) is 0 Å². The molecule has 6 aromatic rings. The molecule has 0 spiro atoms. The predicted octanol–water partition coefficient (Wildman–Crippen LogP) is 9.19. The number of ether oxygens (including phenoxy) is 3. The summed E-state index contributed by atoms with van der Waals surface area (Å²) >= 11 is 12.5. The summed E-state index contributed by atoms with van der Waals surface area (Å²) in [5.41, 5.74) is 6.43. The molecule has 244 valence electrons. The first-order valence-corrected chi connectivity index (χ1v) is 16.3. The van der Waals surface area contributed by atoms with E-state index in [4.69, 9.17) is 47.6 Å². The summed E-state index contributed by atoms with van der Waals surface area (Å²) in [5, 5.41) is 11.5. The summed E-state index contributed by atoms with van der Waals surface area (Å²) in [6, 6.07) is 34.5. The number of esters is 1. The summed E-state index contributed by atoms with van der Waals surface area (Å²) in [5.74, 6) is 0.593. The quantitative estimate of drug-likeness (QED) is 0.120. The van der Waals surface area contributed by atoms with E-state index in [-0.39, 0.29) is 12.4 Å². The van der Waals surface area contributed by atoms with Gasteiger partial charge in [-0.3, -0.25) is 4.79 Å². The van der Waals surface area contributed by atoms with Gasteiger partial charge in [0.25, 0.3) is 0 Å². The molecule has 0 aliphatic heterocycles. The molecule has 2 heterocycles. The second-order valence-corrected chi connectivity index (χ2v) is 12.0. The third kappa shape index (κ3) is 7.25. The smallest absolute Gasteiger partial charge is 0.306 e. The Balaban J connectivity index is 1.53. The Labute approximate surface area is 289 Å². The van der Waals surface area contributed by atoms with Crippen molar-refractivity contribution in [1.29, 1.82) is 0 Å². The van der Waals surface area contributed by atoms with Crippen molar-refractivity contribution < 1.29 is 19.0 Å². The van der Waals surface area contributed by atoms with E-state index in [1.807, 2.05) is 125 Å². The zero-order chi connectivity index (χ0) is 33.6. The monoisotopic (exact) mass is 680 g/mol. The predicted molar refractivity (Wildman–Crippen MR) is 189 cm³/mol. The lowest BCUT2D eigenvalue weighted by Crippen LogP contribution is -2.14. The highest BCUT2D eigenvalue weighted by Gasteiger charge is 2.28. The highest BCUT2D eigenvalue weighted by Crippen LogP contribution is 2.36. The molecule has 0 aliphatic carbocycles. The van der Waals surface area contributed by atoms with Crippen LogP contribution in [0.2, 0.25) is 10.0 Å². The minimum absolute atomic E-state index is 0.0410. The molecule has 0 saturated heterocycles. The van der Waals surface area contributed by atoms with E-state index in [1.54, 1.807) is 14.2 Å². The van der Waals surface area contributed by atoms with Crippen LogP contribution in [-0.4, -0.2) is 46.4 Å². The molecule has 0 atom stereocenters. The Hall–Kier alpha value is -5.05. The van der Waals surface area contributed by atoms with E-state index in [9.17, 15) is 4.79 Å². The van der Waals surface area contributed by atoms with Gasteiger partial charge in [0.1, 0.15) is 11.5 Å². The van der Waals surface area contributed by atoms with Gasteiger partial charge in [0.15, 0.2) is 0 Å². The molecule has 10 heteroatoms. The lowest BCUT2D eigenvalue weighted by Gasteiger charge is -2.12. The lowest BCUT2D eigenvalue weighted by molar-refractivity contribution is -0.143. The van der Waals surface area contributed by atoms with Crippen LogP contribution in [0, 0.1) is 0 Å². The van der Waals surface area contributed by atoms with Gasteiger partial charge in [-0.1, -0.05) is 54.4 Å². The number of benzene rings is 4. The van der Waals surface area contributed by atoms with Crippen molar-refractivity contribution in [2.24, 2.45) is 0 Å². The van der Waals surface area contributed by atoms with Gasteiger partial charge >= 0.3 is 5.97 Å². The van der Waals surface area contributed by atoms with Crippen LogP contribution in [0.15, 0.2) is 109 Å². The Morgan fingerprint density at radius 3 is 1.46 bits per heavy atom. The van der Waals surface area contributed by atoms with Crippen molar-refractivity contribution >= 4 is 29.2 Å². The minimum Gasteiger partial charge on any atom is -0.497 e. The molecule has 0 saturated carbocycles. The van der Waals surface area contributed by atoms with Crippen LogP contribution < -0.4 is 9.47 Å². The maximum atomic E-state index is 13.3. The van der Waals surface area contributed by atoms with Crippen molar-refractivity contribution in [3.8, 4) is 45.4 Å². The van der Waals surface area contributed by atoms with Crippen molar-refractivity contribution in [2.75, 3.05) is 20.8 Å². The number of methoxy groups -OCH3 is 2. The largest absolute Gasteiger partial charge is 0.497 e. The molecule has 0 aliphatic rings. The average molecular weight is 682 g/mol. The summed E-state index contributed by atoms with van der Waals surface area (Å²) in [6.45, 7) is 2.30. The van der Waals surface area contributed by atoms with Crippen molar-refractivity contribution in [3.05, 3.63) is 131 Å². The second-order valence-electron chi connectivity index (χ2n) is 11.1. The standard InChI is InChI=1S/C38H34Cl2N4O4/c1-4-21-48-38(45)22-33(34-23-36(25-5-9-27(39)10-6-25)43(41-34)29-13-17-31(46-2)18-14-29)35-24-37(26-7-11-28(40)12-8-26)44(42-35)30-15-19-32(47-3)20-16-30/h5-20,23-24,33H,4,21-22H2,1-3H3. The fraction of sp³-hybridized carbons (Fsp3) is 0.184. The fourth-order valence-electron chi connectivity index (χ4n) is 5.43. The van der Waals surface area contributed by atoms with E-state index in [0.29, 0.717) is 28.0 Å². The van der Waals surface area contributed by atoms with Crippen molar-refractivity contribution in [1.82, 2.24) is 19.6 Å². The summed E-state index contributed by atoms with van der Waals surface area (Å²) < 4.78 is 20.1. The molecular formula is C38H34Cl2N4O4. The fourth-order valence-corrected chi connectivity index (χ4v) is 5.69. The topological polar surface area (TPSA) is 80.4 Å². The van der Waals surface area contributed by atoms with Crippen LogP contribution in [0.4, 0.5) is 0 Å². The molecule has 0 unspecified atom stereocenters. The molecule has 0 fully saturated rings. The van der Waals surface area contributed by atoms with Crippen LogP contribution in [-0.2, 0) is 9.53 Å². The first-order valence-electron chi connectivity index (χ1n) is 15.5. The molecule has 0 bridgehead atoms. The van der Waals surface area contributed by atoms with Gasteiger partial charge in [0.05, 0.1) is 67.3 Å². The number of hydrogen-bond donors (Lipinski definition) is 0. The van der Waals surface area contributed by atoms with Gasteiger partial charge in [-0.05, 0) is 91.3 Å². The summed E-state index contributed by atoms with van der Waals surface area (Å²) in [6.07, 6.45) is 0.759. The molecule has 0 radical (unpaired) electrons. The number of hydrogen-bond acceptors (Lipinski definition) is 6. The van der Waals surface area contributed by atoms with Gasteiger partial charge < -0.3 is 14.2 Å². The Morgan fingerprint density at radius 1 is 0.667 bits per heavy atom. The number of carbonyl (C=O) groups excluding carboxylic acids is 1. The van der Waals surface area contributed by atoms with Crippen molar-refractivity contribution in [2.45, 2.75) is 25.7 Å². The lowest BCUT2D eigenvalue weighted by atomic mass is 9.96. The summed E-state index contributed by atoms with van der Waals surface area (Å²) in [7, 11) is 3.26. The SMILES string of the molecule is CCCOC(=O)CC(c1cc(-c2ccc(Cl)cc2)n(-c2ccc(OC)cc2)n1)c1cc(-c2ccc(Cl)cc2)n(-c2ccc(OC)cc2)n1. The van der Waals surface area contributed by atoms with E-state index < -0.39 is 5.92 Å². The number of rotatable bonds is 12. The number of halogens is 2. The molecule has 6 rings (SSSR count). The minimum atomic E-state index is -0.537. The first-order chi connectivity index (χ1) is 23.4. The highest BCUT2D eigenvalue weighted by molar-refractivity contribution is 6.30. The Kier molecular flexibility index (Phi) is 10.1.